The molecule has 0 saturated heterocycles. The van der Waals surface area contributed by atoms with E-state index in [9.17, 15) is 45.1 Å². The first-order chi connectivity index (χ1) is 26.3. The van der Waals surface area contributed by atoms with E-state index in [4.69, 9.17) is 20.4 Å². The molecular weight excluding hydrogens is 765 g/mol. The summed E-state index contributed by atoms with van der Waals surface area (Å²) in [5, 5.41) is 20.1. The molecule has 3 rings (SSSR count). The summed E-state index contributed by atoms with van der Waals surface area (Å²) in [7, 11) is -3.89. The van der Waals surface area contributed by atoms with Crippen molar-refractivity contribution in [3.63, 3.8) is 0 Å². The third-order valence-electron chi connectivity index (χ3n) is 8.55. The number of ether oxygens (including phenoxy) is 1. The molecule has 3 atom stereocenters. The lowest BCUT2D eigenvalue weighted by molar-refractivity contribution is -0.192. The fourth-order valence-electron chi connectivity index (χ4n) is 5.72. The highest BCUT2D eigenvalue weighted by atomic mass is 32.2. The summed E-state index contributed by atoms with van der Waals surface area (Å²) in [6.07, 6.45) is -4.76. The Morgan fingerprint density at radius 3 is 1.95 bits per heavy atom. The van der Waals surface area contributed by atoms with Crippen molar-refractivity contribution in [2.45, 2.75) is 102 Å². The maximum Gasteiger partial charge on any atom is 0.490 e. The maximum atomic E-state index is 14.4. The van der Waals surface area contributed by atoms with Gasteiger partial charge in [-0.2, -0.15) is 13.2 Å². The number of aliphatic carboxylic acids is 1. The first kappa shape index (κ1) is 47.5. The minimum atomic E-state index is -5.08. The predicted molar refractivity (Wildman–Crippen MR) is 200 cm³/mol. The zero-order valence-corrected chi connectivity index (χ0v) is 32.3. The molecule has 11 nitrogen and oxygen atoms in total. The number of hydrogen-bond acceptors (Lipinski definition) is 8. The van der Waals surface area contributed by atoms with Gasteiger partial charge in [-0.05, 0) is 60.1 Å². The summed E-state index contributed by atoms with van der Waals surface area (Å²) in [5.74, 6) is -5.76. The molecule has 17 heteroatoms. The summed E-state index contributed by atoms with van der Waals surface area (Å²) < 4.78 is 92.3. The molecule has 56 heavy (non-hydrogen) atoms. The number of carboxylic acid groups (broad SMARTS) is 1. The number of alkyl halides is 3. The van der Waals surface area contributed by atoms with Crippen LogP contribution in [0.5, 0.6) is 0 Å². The van der Waals surface area contributed by atoms with Gasteiger partial charge in [-0.3, -0.25) is 4.79 Å². The Labute approximate surface area is 324 Å². The van der Waals surface area contributed by atoms with Crippen LogP contribution in [0.1, 0.15) is 68.7 Å². The third-order valence-corrected chi connectivity index (χ3v) is 10.8. The SMILES string of the molecule is CCCC(CCC)S(=O)(=O)C[C@@H](NC(=O)OCc1ccccc1)C(=O)N(Cc1cccc(CC)c1)C[C@@H](O)[C@@H](N)Cc1cc(F)cc(F)c1.O=C(O)C(F)(F)F. The number of aliphatic hydroxyl groups is 1. The molecule has 0 bridgehead atoms. The molecule has 0 spiro atoms. The number of alkyl carbamates (subject to hydrolysis) is 1. The number of nitrogens with zero attached hydrogens (tertiary/aromatic N) is 1. The molecule has 0 saturated carbocycles. The van der Waals surface area contributed by atoms with Crippen molar-refractivity contribution in [3.05, 3.63) is 107 Å². The van der Waals surface area contributed by atoms with Gasteiger partial charge in [0.2, 0.25) is 5.91 Å². The van der Waals surface area contributed by atoms with Gasteiger partial charge in [-0.1, -0.05) is 88.2 Å². The van der Waals surface area contributed by atoms with E-state index in [0.29, 0.717) is 36.8 Å². The van der Waals surface area contributed by atoms with Crippen molar-refractivity contribution < 1.29 is 59.7 Å². The van der Waals surface area contributed by atoms with E-state index in [1.54, 1.807) is 30.3 Å². The van der Waals surface area contributed by atoms with E-state index < -0.39 is 74.8 Å². The Morgan fingerprint density at radius 2 is 1.41 bits per heavy atom. The predicted octanol–water partition coefficient (Wildman–Crippen LogP) is 6.10. The number of aryl methyl sites for hydroxylation is 1. The molecule has 0 aliphatic rings. The van der Waals surface area contributed by atoms with E-state index in [-0.39, 0.29) is 31.7 Å². The zero-order chi connectivity index (χ0) is 42.1. The Hall–Kier alpha value is -4.61. The number of rotatable bonds is 19. The normalized spacial score (nSPS) is 13.2. The number of aliphatic hydroxyl groups excluding tert-OH is 1. The molecule has 5 N–H and O–H groups in total. The van der Waals surface area contributed by atoms with Gasteiger partial charge in [0.25, 0.3) is 0 Å². The number of nitrogens with one attached hydrogen (secondary N) is 1. The van der Waals surface area contributed by atoms with Gasteiger partial charge in [0.1, 0.15) is 24.3 Å². The van der Waals surface area contributed by atoms with E-state index in [1.807, 2.05) is 45.0 Å². The highest BCUT2D eigenvalue weighted by Gasteiger charge is 2.38. The molecule has 0 aliphatic heterocycles. The molecular formula is C39H50F5N3O8S. The summed E-state index contributed by atoms with van der Waals surface area (Å²) >= 11 is 0. The minimum absolute atomic E-state index is 0.0321. The molecule has 3 aromatic carbocycles. The average molecular weight is 816 g/mol. The summed E-state index contributed by atoms with van der Waals surface area (Å²) in [6.45, 7) is 5.27. The van der Waals surface area contributed by atoms with Gasteiger partial charge in [0, 0.05) is 25.2 Å². The Balaban J connectivity index is 0.00000141. The van der Waals surface area contributed by atoms with Gasteiger partial charge >= 0.3 is 18.2 Å². The van der Waals surface area contributed by atoms with E-state index in [2.05, 4.69) is 5.32 Å². The fourth-order valence-corrected chi connectivity index (χ4v) is 7.87. The van der Waals surface area contributed by atoms with Crippen LogP contribution in [0.2, 0.25) is 0 Å². The summed E-state index contributed by atoms with van der Waals surface area (Å²) in [6, 6.07) is 16.7. The van der Waals surface area contributed by atoms with Crippen LogP contribution in [0, 0.1) is 11.6 Å². The molecule has 0 aliphatic carbocycles. The van der Waals surface area contributed by atoms with Crippen molar-refractivity contribution in [1.82, 2.24) is 10.2 Å². The van der Waals surface area contributed by atoms with Crippen LogP contribution in [0.25, 0.3) is 0 Å². The largest absolute Gasteiger partial charge is 0.490 e. The summed E-state index contributed by atoms with van der Waals surface area (Å²) in [4.78, 5) is 37.6. The van der Waals surface area contributed by atoms with Crippen LogP contribution in [0.15, 0.2) is 72.8 Å². The standard InChI is InChI=1S/C37H49F2N3O6S.C2HF3O2/c1-4-11-32(12-5-2)49(46,47)25-34(41-37(45)48-24-27-13-8-7-9-14-27)36(44)42(22-28-16-10-15-26(6-3)17-28)23-35(43)33(40)20-29-18-30(38)21-31(39)19-29;3-2(4,5)1(6)7/h7-10,13-19,21,32-35,43H,4-6,11-12,20,22-25,40H2,1-3H3,(H,41,45);(H,6,7)/t33-,34+,35+;/m0./s1. The molecule has 0 aromatic heterocycles. The Morgan fingerprint density at radius 1 is 0.857 bits per heavy atom. The van der Waals surface area contributed by atoms with Gasteiger partial charge in [0.15, 0.2) is 9.84 Å². The van der Waals surface area contributed by atoms with Crippen molar-refractivity contribution in [3.8, 4) is 0 Å². The van der Waals surface area contributed by atoms with E-state index in [1.165, 1.54) is 4.90 Å². The lowest BCUT2D eigenvalue weighted by Crippen LogP contribution is -2.55. The van der Waals surface area contributed by atoms with Crippen molar-refractivity contribution in [2.75, 3.05) is 12.3 Å². The van der Waals surface area contributed by atoms with Crippen molar-refractivity contribution in [2.24, 2.45) is 5.73 Å². The maximum absolute atomic E-state index is 14.4. The van der Waals surface area contributed by atoms with Crippen molar-refractivity contribution in [1.29, 1.82) is 0 Å². The lowest BCUT2D eigenvalue weighted by atomic mass is 10.0. The lowest BCUT2D eigenvalue weighted by Gasteiger charge is -2.32. The van der Waals surface area contributed by atoms with Crippen molar-refractivity contribution >= 4 is 27.8 Å². The molecule has 3 aromatic rings. The van der Waals surface area contributed by atoms with Crippen LogP contribution in [0.3, 0.4) is 0 Å². The second kappa shape index (κ2) is 22.8. The average Bonchev–Trinajstić information content (AvgIpc) is 3.12. The third kappa shape index (κ3) is 16.6. The number of halogens is 5. The zero-order valence-electron chi connectivity index (χ0n) is 31.5. The first-order valence-corrected chi connectivity index (χ1v) is 19.7. The second-order valence-corrected chi connectivity index (χ2v) is 15.5. The number of nitrogens with two attached hydrogens (primary N) is 1. The quantitative estimate of drug-likeness (QED) is 0.104. The smallest absolute Gasteiger partial charge is 0.475 e. The monoisotopic (exact) mass is 815 g/mol. The molecule has 2 amide bonds. The molecule has 0 radical (unpaired) electrons. The fraction of sp³-hybridized carbons (Fsp3) is 0.462. The molecule has 0 heterocycles. The highest BCUT2D eigenvalue weighted by molar-refractivity contribution is 7.92. The van der Waals surface area contributed by atoms with Gasteiger partial charge in [-0.15, -0.1) is 0 Å². The van der Waals surface area contributed by atoms with Gasteiger partial charge in [-0.25, -0.2) is 26.8 Å². The van der Waals surface area contributed by atoms with Crippen LogP contribution >= 0.6 is 0 Å². The number of carbonyl (C=O) groups excluding carboxylic acids is 2. The number of benzene rings is 3. The van der Waals surface area contributed by atoms with Crippen LogP contribution in [-0.4, -0.2) is 83.4 Å². The number of amides is 2. The molecule has 0 fully saturated rings. The second-order valence-electron chi connectivity index (χ2n) is 13.2. The van der Waals surface area contributed by atoms with Gasteiger partial charge in [0.05, 0.1) is 17.1 Å². The minimum Gasteiger partial charge on any atom is -0.475 e. The number of hydrogen-bond donors (Lipinski definition) is 4. The molecule has 0 unspecified atom stereocenters. The Kier molecular flexibility index (Phi) is 19.4. The first-order valence-electron chi connectivity index (χ1n) is 18.0. The summed E-state index contributed by atoms with van der Waals surface area (Å²) in [5.41, 5.74) is 8.91. The van der Waals surface area contributed by atoms with Crippen LogP contribution in [0.4, 0.5) is 26.7 Å². The number of carboxylic acids is 1. The van der Waals surface area contributed by atoms with Crippen LogP contribution < -0.4 is 11.1 Å². The Bertz CT molecular complexity index is 1790. The van der Waals surface area contributed by atoms with Gasteiger partial charge < -0.3 is 30.9 Å². The van der Waals surface area contributed by atoms with Crippen LogP contribution in [-0.2, 0) is 50.2 Å². The van der Waals surface area contributed by atoms with E-state index in [0.717, 1.165) is 30.2 Å². The topological polar surface area (TPSA) is 176 Å². The highest BCUT2D eigenvalue weighted by Crippen LogP contribution is 2.20. The number of carbonyl (C=O) groups is 3. The molecule has 310 valence electrons. The number of sulfone groups is 1. The van der Waals surface area contributed by atoms with E-state index >= 15 is 0 Å².